The molecule has 0 aliphatic heterocycles. The van der Waals surface area contributed by atoms with Gasteiger partial charge in [0.25, 0.3) is 5.56 Å². The van der Waals surface area contributed by atoms with Gasteiger partial charge < -0.3 is 14.6 Å². The zero-order chi connectivity index (χ0) is 15.6. The van der Waals surface area contributed by atoms with Crippen molar-refractivity contribution in [3.05, 3.63) is 28.7 Å². The van der Waals surface area contributed by atoms with E-state index >= 15 is 0 Å². The van der Waals surface area contributed by atoms with Crippen LogP contribution in [-0.4, -0.2) is 23.3 Å². The Hall–Kier alpha value is -1.29. The average Bonchev–Trinajstić information content (AvgIpc) is 2.43. The number of aromatic nitrogens is 1. The quantitative estimate of drug-likeness (QED) is 0.876. The monoisotopic (exact) mass is 292 g/mol. The normalized spacial score (nSPS) is 23.9. The van der Waals surface area contributed by atoms with Gasteiger partial charge in [-0.15, -0.1) is 0 Å². The molecule has 1 N–H and O–H groups in total. The van der Waals surface area contributed by atoms with Crippen LogP contribution in [0.5, 0.6) is 0 Å². The summed E-state index contributed by atoms with van der Waals surface area (Å²) in [5.41, 5.74) is 1.17. The number of rotatable bonds is 6. The molecule has 4 heteroatoms. The van der Waals surface area contributed by atoms with Gasteiger partial charge in [0.2, 0.25) is 0 Å². The van der Waals surface area contributed by atoms with Gasteiger partial charge in [0.1, 0.15) is 0 Å². The van der Waals surface area contributed by atoms with Crippen LogP contribution in [0.2, 0.25) is 0 Å². The minimum absolute atomic E-state index is 0.0501. The minimum Gasteiger partial charge on any atom is -0.380 e. The smallest absolute Gasteiger partial charge is 0.250 e. The van der Waals surface area contributed by atoms with Crippen molar-refractivity contribution in [2.75, 3.05) is 11.9 Å². The van der Waals surface area contributed by atoms with Crippen LogP contribution in [0.25, 0.3) is 0 Å². The largest absolute Gasteiger partial charge is 0.380 e. The summed E-state index contributed by atoms with van der Waals surface area (Å²) in [6.45, 7) is 12.3. The first kappa shape index (κ1) is 16.1. The van der Waals surface area contributed by atoms with Gasteiger partial charge in [-0.05, 0) is 25.3 Å². The second-order valence-corrected chi connectivity index (χ2v) is 7.01. The lowest BCUT2D eigenvalue weighted by Crippen LogP contribution is -2.58. The Morgan fingerprint density at radius 3 is 2.71 bits per heavy atom. The van der Waals surface area contributed by atoms with E-state index in [1.165, 1.54) is 0 Å². The van der Waals surface area contributed by atoms with E-state index in [4.69, 9.17) is 4.74 Å². The van der Waals surface area contributed by atoms with E-state index in [0.717, 1.165) is 18.7 Å². The van der Waals surface area contributed by atoms with Crippen LogP contribution in [-0.2, 0) is 11.3 Å². The minimum atomic E-state index is 0.0501. The molecule has 1 aromatic heterocycles. The van der Waals surface area contributed by atoms with Crippen LogP contribution in [0.15, 0.2) is 23.1 Å². The first-order valence-electron chi connectivity index (χ1n) is 7.93. The highest BCUT2D eigenvalue weighted by Gasteiger charge is 2.49. The van der Waals surface area contributed by atoms with Crippen molar-refractivity contribution in [3.63, 3.8) is 0 Å². The lowest BCUT2D eigenvalue weighted by Gasteiger charge is -2.52. The van der Waals surface area contributed by atoms with Crippen LogP contribution in [0.3, 0.4) is 0 Å². The molecule has 1 saturated carbocycles. The predicted octanol–water partition coefficient (Wildman–Crippen LogP) is 3.12. The van der Waals surface area contributed by atoms with Gasteiger partial charge in [0.15, 0.2) is 0 Å². The molecule has 2 rings (SSSR count). The van der Waals surface area contributed by atoms with Gasteiger partial charge in [-0.25, -0.2) is 0 Å². The summed E-state index contributed by atoms with van der Waals surface area (Å²) in [5, 5.41) is 3.55. The van der Waals surface area contributed by atoms with E-state index < -0.39 is 0 Å². The van der Waals surface area contributed by atoms with E-state index in [1.54, 1.807) is 10.6 Å². The number of hydrogen-bond acceptors (Lipinski definition) is 3. The van der Waals surface area contributed by atoms with E-state index in [0.29, 0.717) is 24.6 Å². The standard InChI is InChI=1S/C17H28N2O2/c1-6-19-10-13(7-8-16(19)20)18-14-9-15(17(14,4)5)21-11-12(2)3/h7-8,10,12,14-15,18H,6,9,11H2,1-5H3. The summed E-state index contributed by atoms with van der Waals surface area (Å²) in [7, 11) is 0. The third kappa shape index (κ3) is 3.49. The zero-order valence-electron chi connectivity index (χ0n) is 13.8. The molecule has 0 spiro atoms. The van der Waals surface area contributed by atoms with Crippen molar-refractivity contribution in [1.82, 2.24) is 4.57 Å². The predicted molar refractivity (Wildman–Crippen MR) is 86.8 cm³/mol. The molecule has 2 unspecified atom stereocenters. The highest BCUT2D eigenvalue weighted by molar-refractivity contribution is 5.43. The topological polar surface area (TPSA) is 43.3 Å². The lowest BCUT2D eigenvalue weighted by atomic mass is 9.64. The Morgan fingerprint density at radius 2 is 2.14 bits per heavy atom. The van der Waals surface area contributed by atoms with Gasteiger partial charge in [-0.1, -0.05) is 27.7 Å². The molecule has 118 valence electrons. The fourth-order valence-electron chi connectivity index (χ4n) is 2.79. The number of anilines is 1. The third-order valence-corrected chi connectivity index (χ3v) is 4.47. The highest BCUT2D eigenvalue weighted by Crippen LogP contribution is 2.44. The van der Waals surface area contributed by atoms with Gasteiger partial charge in [0, 0.05) is 36.9 Å². The molecule has 1 fully saturated rings. The number of aryl methyl sites for hydroxylation is 1. The Balaban J connectivity index is 1.97. The van der Waals surface area contributed by atoms with Gasteiger partial charge in [0.05, 0.1) is 11.8 Å². The SMILES string of the molecule is CCn1cc(NC2CC(OCC(C)C)C2(C)C)ccc1=O. The number of ether oxygens (including phenoxy) is 1. The first-order valence-corrected chi connectivity index (χ1v) is 7.93. The molecule has 2 atom stereocenters. The molecule has 0 aromatic carbocycles. The van der Waals surface area contributed by atoms with Gasteiger partial charge in [-0.2, -0.15) is 0 Å². The number of pyridine rings is 1. The van der Waals surface area contributed by atoms with Crippen LogP contribution < -0.4 is 10.9 Å². The van der Waals surface area contributed by atoms with E-state index in [-0.39, 0.29) is 11.0 Å². The number of nitrogens with one attached hydrogen (secondary N) is 1. The average molecular weight is 292 g/mol. The maximum Gasteiger partial charge on any atom is 0.250 e. The molecular weight excluding hydrogens is 264 g/mol. The maximum absolute atomic E-state index is 11.6. The van der Waals surface area contributed by atoms with Gasteiger partial charge >= 0.3 is 0 Å². The summed E-state index contributed by atoms with van der Waals surface area (Å²) < 4.78 is 7.71. The van der Waals surface area contributed by atoms with Crippen molar-refractivity contribution in [2.24, 2.45) is 11.3 Å². The highest BCUT2D eigenvalue weighted by atomic mass is 16.5. The van der Waals surface area contributed by atoms with E-state index in [9.17, 15) is 4.79 Å². The maximum atomic E-state index is 11.6. The number of nitrogens with zero attached hydrogens (tertiary/aromatic N) is 1. The van der Waals surface area contributed by atoms with E-state index in [2.05, 4.69) is 33.0 Å². The Kier molecular flexibility index (Phi) is 4.77. The summed E-state index contributed by atoms with van der Waals surface area (Å²) in [6.07, 6.45) is 3.24. The Labute approximate surface area is 127 Å². The summed E-state index contributed by atoms with van der Waals surface area (Å²) >= 11 is 0. The Bertz CT molecular complexity index is 534. The molecule has 1 aliphatic carbocycles. The molecule has 0 bridgehead atoms. The number of hydrogen-bond donors (Lipinski definition) is 1. The van der Waals surface area contributed by atoms with Crippen molar-refractivity contribution in [2.45, 2.75) is 59.7 Å². The second-order valence-electron chi connectivity index (χ2n) is 7.01. The van der Waals surface area contributed by atoms with Crippen molar-refractivity contribution >= 4 is 5.69 Å². The van der Waals surface area contributed by atoms with Crippen molar-refractivity contribution < 1.29 is 4.74 Å². The van der Waals surface area contributed by atoms with E-state index in [1.807, 2.05) is 19.2 Å². The second kappa shape index (κ2) is 6.22. The summed E-state index contributed by atoms with van der Waals surface area (Å²) in [4.78, 5) is 11.6. The molecule has 0 radical (unpaired) electrons. The fourth-order valence-corrected chi connectivity index (χ4v) is 2.79. The third-order valence-electron chi connectivity index (χ3n) is 4.47. The molecule has 0 saturated heterocycles. The van der Waals surface area contributed by atoms with Crippen LogP contribution >= 0.6 is 0 Å². The molecule has 1 heterocycles. The fraction of sp³-hybridized carbons (Fsp3) is 0.706. The summed E-state index contributed by atoms with van der Waals surface area (Å²) in [6, 6.07) is 3.88. The van der Waals surface area contributed by atoms with Crippen molar-refractivity contribution in [3.8, 4) is 0 Å². The first-order chi connectivity index (χ1) is 9.84. The Morgan fingerprint density at radius 1 is 1.43 bits per heavy atom. The molecule has 21 heavy (non-hydrogen) atoms. The summed E-state index contributed by atoms with van der Waals surface area (Å²) in [5.74, 6) is 0.570. The zero-order valence-corrected chi connectivity index (χ0v) is 13.8. The lowest BCUT2D eigenvalue weighted by molar-refractivity contribution is -0.108. The van der Waals surface area contributed by atoms with Crippen LogP contribution in [0.1, 0.15) is 41.0 Å². The van der Waals surface area contributed by atoms with Gasteiger partial charge in [-0.3, -0.25) is 4.79 Å². The molecule has 0 amide bonds. The molecule has 1 aromatic rings. The van der Waals surface area contributed by atoms with Crippen molar-refractivity contribution in [1.29, 1.82) is 0 Å². The molecule has 4 nitrogen and oxygen atoms in total. The van der Waals surface area contributed by atoms with Crippen LogP contribution in [0.4, 0.5) is 5.69 Å². The van der Waals surface area contributed by atoms with Crippen LogP contribution in [0, 0.1) is 11.3 Å². The molecule has 1 aliphatic rings. The molecular formula is C17H28N2O2.